The number of aryl methyl sites for hydroxylation is 3. The van der Waals surface area contributed by atoms with E-state index in [9.17, 15) is 0 Å². The summed E-state index contributed by atoms with van der Waals surface area (Å²) in [7, 11) is -5.59. The smallest absolute Gasteiger partial charge is 0.216 e. The zero-order chi connectivity index (χ0) is 94.2. The number of rotatable bonds is 18. The summed E-state index contributed by atoms with van der Waals surface area (Å²) in [6, 6.07) is 121. The Morgan fingerprint density at radius 3 is 1.07 bits per heavy atom. The minimum atomic E-state index is -1.87. The molecule has 0 aliphatic heterocycles. The third-order valence-corrected chi connectivity index (χ3v) is 35.1. The molecule has 699 valence electrons. The number of pyridine rings is 9. The summed E-state index contributed by atoms with van der Waals surface area (Å²) in [5.74, 6) is 1.70. The predicted molar refractivity (Wildman–Crippen MR) is 566 cm³/mol. The molecule has 0 saturated carbocycles. The topological polar surface area (TPSA) is 155 Å². The summed E-state index contributed by atoms with van der Waals surface area (Å²) >= 11 is 0. The Morgan fingerprint density at radius 1 is 0.290 bits per heavy atom. The van der Waals surface area contributed by atoms with Gasteiger partial charge in [0, 0.05) is 125 Å². The Kier molecular flexibility index (Phi) is 35.1. The zero-order valence-electron chi connectivity index (χ0n) is 80.5. The maximum Gasteiger partial charge on any atom is 0.216 e. The van der Waals surface area contributed by atoms with Crippen LogP contribution in [-0.2, 0) is 79.6 Å². The second-order valence-corrected chi connectivity index (χ2v) is 50.1. The first kappa shape index (κ1) is 103. The number of hydrogen-bond acceptors (Lipinski definition) is 12. The van der Waals surface area contributed by atoms with Crippen molar-refractivity contribution in [2.45, 2.75) is 121 Å². The molecule has 0 aliphatic carbocycles. The van der Waals surface area contributed by atoms with Crippen molar-refractivity contribution in [2.75, 3.05) is 0 Å². The van der Waals surface area contributed by atoms with Crippen LogP contribution in [0.15, 0.2) is 360 Å². The van der Waals surface area contributed by atoms with Gasteiger partial charge in [-0.05, 0) is 162 Å². The van der Waals surface area contributed by atoms with Crippen molar-refractivity contribution in [1.82, 2.24) is 44.9 Å². The SMILES string of the molecule is CC(C)Cc1cc(-c2[c-]nc3oc4ccccc4c3c2)ncc1[Si](C)(C)c1ccccc1.Cc1cc2c(oc3c[c-]c(-c4cc(CC(C)C)c([Si](C)(C)c5ccccc5)cn4)cc32)c(C)n1.Cc1ccc2c(n1)oc1c[c-]c(-c3cc(CC(C)C)c([Si](C)(C)c4ccccc4)cn3)cc12.[Ir].[Ir].[Ir].[c-]1ccccc1-c1ccccn1.[c-]1ccccc1-c1ccccn1.[c-]1ccccc1-c1ccccn1. The summed E-state index contributed by atoms with van der Waals surface area (Å²) in [4.78, 5) is 41.1. The molecule has 0 saturated heterocycles. The van der Waals surface area contributed by atoms with Gasteiger partial charge in [0.25, 0.3) is 0 Å². The summed E-state index contributed by atoms with van der Waals surface area (Å²) in [5.41, 5.74) is 23.5. The molecule has 12 nitrogen and oxygen atoms in total. The van der Waals surface area contributed by atoms with E-state index < -0.39 is 24.2 Å². The van der Waals surface area contributed by atoms with Crippen LogP contribution in [0.5, 0.6) is 0 Å². The van der Waals surface area contributed by atoms with Crippen molar-refractivity contribution in [3.8, 4) is 67.5 Å². The Labute approximate surface area is 855 Å². The molecule has 0 spiro atoms. The molecule has 0 amide bonds. The molecule has 3 radical (unpaired) electrons. The van der Waals surface area contributed by atoms with Crippen LogP contribution in [0, 0.1) is 75.1 Å². The average Bonchev–Trinajstić information content (AvgIpc) is 1.62. The molecule has 12 heterocycles. The number of para-hydroxylation sites is 1. The minimum Gasteiger partial charge on any atom is -0.499 e. The van der Waals surface area contributed by atoms with E-state index in [0.717, 1.165) is 159 Å². The fourth-order valence-corrected chi connectivity index (χ4v) is 25.5. The molecule has 138 heavy (non-hydrogen) atoms. The van der Waals surface area contributed by atoms with E-state index in [0.29, 0.717) is 29.2 Å². The fraction of sp³-hybridized carbons (Fsp3) is 0.175. The first-order valence-electron chi connectivity index (χ1n) is 46.3. The van der Waals surface area contributed by atoms with Gasteiger partial charge in [0.15, 0.2) is 0 Å². The maximum atomic E-state index is 6.11. The van der Waals surface area contributed by atoms with E-state index in [1.807, 2.05) is 185 Å². The molecular weight excluding hydrogens is 2280 g/mol. The third-order valence-electron chi connectivity index (χ3n) is 24.4. The van der Waals surface area contributed by atoms with Gasteiger partial charge in [-0.15, -0.1) is 167 Å². The Morgan fingerprint density at radius 2 is 0.667 bits per heavy atom. The van der Waals surface area contributed by atoms with Crippen LogP contribution < -0.4 is 31.1 Å². The van der Waals surface area contributed by atoms with E-state index in [1.165, 1.54) is 47.8 Å². The van der Waals surface area contributed by atoms with E-state index >= 15 is 0 Å². The summed E-state index contributed by atoms with van der Waals surface area (Å²) in [5, 5.41) is 14.9. The molecule has 0 fully saturated rings. The molecule has 0 N–H and O–H groups in total. The summed E-state index contributed by atoms with van der Waals surface area (Å²) < 4.78 is 17.9. The van der Waals surface area contributed by atoms with Crippen LogP contribution in [-0.4, -0.2) is 69.1 Å². The molecule has 21 rings (SSSR count). The largest absolute Gasteiger partial charge is 0.499 e. The van der Waals surface area contributed by atoms with Gasteiger partial charge in [-0.25, -0.2) is 4.98 Å². The molecule has 21 aromatic rings. The van der Waals surface area contributed by atoms with E-state index in [-0.39, 0.29) is 60.3 Å². The number of furan rings is 3. The van der Waals surface area contributed by atoms with E-state index in [4.69, 9.17) is 28.2 Å². The summed E-state index contributed by atoms with van der Waals surface area (Å²) in [6.07, 6.45) is 18.0. The Balaban J connectivity index is 0.000000146. The number of benzene rings is 9. The van der Waals surface area contributed by atoms with Gasteiger partial charge >= 0.3 is 0 Å². The Bertz CT molecular complexity index is 7260. The normalized spacial score (nSPS) is 11.3. The fourth-order valence-electron chi connectivity index (χ4n) is 17.4. The monoisotopic (exact) mass is 2390 g/mol. The molecule has 12 aromatic heterocycles. The van der Waals surface area contributed by atoms with Gasteiger partial charge in [0.05, 0.1) is 16.9 Å². The van der Waals surface area contributed by atoms with Crippen LogP contribution in [0.2, 0.25) is 39.3 Å². The Hall–Kier alpha value is -12.7. The number of fused-ring (bicyclic) bond motifs is 9. The maximum absolute atomic E-state index is 6.11. The van der Waals surface area contributed by atoms with Crippen molar-refractivity contribution < 1.29 is 73.6 Å². The molecule has 18 heteroatoms. The van der Waals surface area contributed by atoms with Crippen molar-refractivity contribution >= 4 is 121 Å². The van der Waals surface area contributed by atoms with Crippen LogP contribution >= 0.6 is 0 Å². The molecule has 0 unspecified atom stereocenters. The molecule has 0 atom stereocenters. The first-order chi connectivity index (χ1) is 65.4. The second-order valence-electron chi connectivity index (χ2n) is 37.0. The predicted octanol–water partition coefficient (Wildman–Crippen LogP) is 26.2. The molecule has 9 aromatic carbocycles. The van der Waals surface area contributed by atoms with Crippen LogP contribution in [0.1, 0.15) is 75.3 Å². The number of nitrogens with zero attached hydrogens (tertiary/aromatic N) is 9. The minimum absolute atomic E-state index is 0. The molecule has 0 bridgehead atoms. The van der Waals surface area contributed by atoms with Crippen LogP contribution in [0.4, 0.5) is 0 Å². The van der Waals surface area contributed by atoms with Gasteiger partial charge < -0.3 is 48.1 Å². The second kappa shape index (κ2) is 47.1. The van der Waals surface area contributed by atoms with Crippen LogP contribution in [0.25, 0.3) is 134 Å². The molecular formula is C120H111Ir3N9O3Si3-6. The van der Waals surface area contributed by atoms with E-state index in [2.05, 4.69) is 311 Å². The molecule has 0 aliphatic rings. The quantitative estimate of drug-likeness (QED) is 0.0593. The van der Waals surface area contributed by atoms with Gasteiger partial charge in [0.2, 0.25) is 5.71 Å². The zero-order valence-corrected chi connectivity index (χ0v) is 90.7. The number of aromatic nitrogens is 9. The van der Waals surface area contributed by atoms with Crippen LogP contribution in [0.3, 0.4) is 0 Å². The number of hydrogen-bond donors (Lipinski definition) is 0. The van der Waals surface area contributed by atoms with Gasteiger partial charge in [-0.3, -0.25) is 4.98 Å². The van der Waals surface area contributed by atoms with Crippen molar-refractivity contribution in [3.05, 3.63) is 417 Å². The van der Waals surface area contributed by atoms with Gasteiger partial charge in [0.1, 0.15) is 41.1 Å². The standard InChI is InChI=1S/C30H31N2OSi.C29H29N2OSi.C28H27N2OSi.3C11H8N.3Ir/c1-19(2)14-23-17-27(31-18-29(23)34(5,6)24-10-8-7-9-11-24)22-12-13-28-25(16-22)26-15-20(3)32-21(4)30(26)33-28;1-19(2)15-22-17-26(30-18-28(22)33(4,5)23-9-7-6-8-10-23)21-12-14-27-25(16-21)24-13-11-20(3)31-29(24)32-27;1-19(2)14-20-16-25(29-18-27(20)32(3,4)22-10-6-5-7-11-22)21-15-24-23-12-8-9-13-26(23)31-28(24)30-17-21;3*1-2-6-10(7-3-1)11-8-4-5-9-12-11;;;/h7-11,13,15-19H,14H2,1-6H3;6-11,13-14,16-19H,15H2,1-5H3;5-13,15-16,18-19H,14H2,1-4H3;3*1-6,8-9H;;;/q6*-1;;;. The van der Waals surface area contributed by atoms with Gasteiger partial charge in [-0.2, -0.15) is 0 Å². The third kappa shape index (κ3) is 24.7. The first-order valence-corrected chi connectivity index (χ1v) is 55.3. The van der Waals surface area contributed by atoms with Crippen molar-refractivity contribution in [2.24, 2.45) is 17.8 Å². The summed E-state index contributed by atoms with van der Waals surface area (Å²) in [6.45, 7) is 34.2. The van der Waals surface area contributed by atoms with Gasteiger partial charge in [-0.1, -0.05) is 288 Å². The van der Waals surface area contributed by atoms with Crippen molar-refractivity contribution in [1.29, 1.82) is 0 Å². The average molecular weight is 2390 g/mol. The van der Waals surface area contributed by atoms with E-state index in [1.54, 1.807) is 18.6 Å². The van der Waals surface area contributed by atoms with Crippen molar-refractivity contribution in [3.63, 3.8) is 0 Å².